The molecule has 4 nitrogen and oxygen atoms in total. The molecule has 1 aromatic rings. The van der Waals surface area contributed by atoms with E-state index in [2.05, 4.69) is 21.2 Å². The number of alkyl halides is 1. The smallest absolute Gasteiger partial charge is 0.241 e. The average Bonchev–Trinajstić information content (AvgIpc) is 2.37. The number of hydrogen-bond acceptors (Lipinski definition) is 3. The Morgan fingerprint density at radius 1 is 1.30 bits per heavy atom. The van der Waals surface area contributed by atoms with Crippen molar-refractivity contribution >= 4 is 31.7 Å². The molecule has 6 heteroatoms. The van der Waals surface area contributed by atoms with Crippen molar-refractivity contribution in [2.24, 2.45) is 0 Å². The number of hydrogen-bond donors (Lipinski definition) is 1. The van der Waals surface area contributed by atoms with E-state index in [4.69, 9.17) is 0 Å². The molecule has 20 heavy (non-hydrogen) atoms. The highest BCUT2D eigenvalue weighted by molar-refractivity contribution is 9.09. The van der Waals surface area contributed by atoms with Gasteiger partial charge in [-0.25, -0.2) is 8.42 Å². The van der Waals surface area contributed by atoms with E-state index in [-0.39, 0.29) is 6.04 Å². The first-order chi connectivity index (χ1) is 9.18. The molecular weight excluding hydrogens is 342 g/mol. The van der Waals surface area contributed by atoms with Crippen LogP contribution in [0.15, 0.2) is 30.3 Å². The van der Waals surface area contributed by atoms with Gasteiger partial charge < -0.3 is 5.32 Å². The van der Waals surface area contributed by atoms with Crippen LogP contribution in [-0.4, -0.2) is 36.7 Å². The topological polar surface area (TPSA) is 63.2 Å². The van der Waals surface area contributed by atoms with Gasteiger partial charge in [-0.05, 0) is 25.8 Å². The Kier molecular flexibility index (Phi) is 5.77. The van der Waals surface area contributed by atoms with Crippen molar-refractivity contribution in [2.75, 3.05) is 11.6 Å². The molecule has 1 rings (SSSR count). The Bertz CT molecular complexity index is 555. The van der Waals surface area contributed by atoms with Crippen LogP contribution >= 0.6 is 15.9 Å². The molecule has 0 aliphatic heterocycles. The lowest BCUT2D eigenvalue weighted by Gasteiger charge is -2.25. The number of amides is 1. The van der Waals surface area contributed by atoms with Crippen LogP contribution in [0.1, 0.15) is 19.4 Å². The first kappa shape index (κ1) is 17.2. The highest BCUT2D eigenvalue weighted by atomic mass is 79.9. The monoisotopic (exact) mass is 361 g/mol. The van der Waals surface area contributed by atoms with Gasteiger partial charge in [-0.2, -0.15) is 0 Å². The van der Waals surface area contributed by atoms with E-state index in [0.717, 1.165) is 11.8 Å². The molecule has 0 aliphatic carbocycles. The minimum atomic E-state index is -3.46. The molecule has 0 saturated heterocycles. The number of halogens is 1. The van der Waals surface area contributed by atoms with Crippen LogP contribution in [-0.2, 0) is 21.1 Å². The van der Waals surface area contributed by atoms with Gasteiger partial charge in [0.15, 0.2) is 9.84 Å². The third kappa shape index (κ3) is 4.31. The first-order valence-corrected chi connectivity index (χ1v) is 9.30. The summed E-state index contributed by atoms with van der Waals surface area (Å²) >= 11 is 3.35. The highest BCUT2D eigenvalue weighted by Crippen LogP contribution is 2.16. The van der Waals surface area contributed by atoms with Crippen LogP contribution < -0.4 is 5.32 Å². The van der Waals surface area contributed by atoms with Crippen molar-refractivity contribution < 1.29 is 13.2 Å². The molecule has 0 spiro atoms. The first-order valence-electron chi connectivity index (χ1n) is 6.29. The largest absolute Gasteiger partial charge is 0.351 e. The Morgan fingerprint density at radius 3 is 2.30 bits per heavy atom. The minimum absolute atomic E-state index is 0.147. The van der Waals surface area contributed by atoms with E-state index in [1.807, 2.05) is 30.3 Å². The summed E-state index contributed by atoms with van der Waals surface area (Å²) in [6.07, 6.45) is 1.73. The number of carbonyl (C=O) groups excluding carboxylic acids is 1. The van der Waals surface area contributed by atoms with E-state index < -0.39 is 20.5 Å². The third-order valence-electron chi connectivity index (χ3n) is 3.32. The lowest BCUT2D eigenvalue weighted by molar-refractivity contribution is -0.123. The van der Waals surface area contributed by atoms with Crippen molar-refractivity contribution in [3.8, 4) is 0 Å². The SMILES string of the molecule is CC(C)(C(=O)NC(CBr)Cc1ccccc1)S(C)(=O)=O. The fourth-order valence-electron chi connectivity index (χ4n) is 1.57. The number of sulfone groups is 1. The van der Waals surface area contributed by atoms with Crippen molar-refractivity contribution in [3.63, 3.8) is 0 Å². The molecule has 1 atom stereocenters. The summed E-state index contributed by atoms with van der Waals surface area (Å²) in [6, 6.07) is 9.60. The maximum Gasteiger partial charge on any atom is 0.241 e. The summed E-state index contributed by atoms with van der Waals surface area (Å²) in [5.74, 6) is -0.472. The van der Waals surface area contributed by atoms with Gasteiger partial charge in [0.05, 0.1) is 0 Å². The molecular formula is C14H20BrNO3S. The van der Waals surface area contributed by atoms with E-state index in [1.165, 1.54) is 13.8 Å². The molecule has 1 N–H and O–H groups in total. The van der Waals surface area contributed by atoms with Crippen LogP contribution in [0.25, 0.3) is 0 Å². The summed E-state index contributed by atoms with van der Waals surface area (Å²) in [7, 11) is -3.46. The predicted octanol–water partition coefficient (Wildman–Crippen LogP) is 1.93. The second-order valence-corrected chi connectivity index (χ2v) is 8.51. The molecule has 1 aromatic carbocycles. The van der Waals surface area contributed by atoms with Crippen LogP contribution in [0.5, 0.6) is 0 Å². The molecule has 1 unspecified atom stereocenters. The second kappa shape index (κ2) is 6.72. The summed E-state index contributed by atoms with van der Waals surface area (Å²) in [6.45, 7) is 2.84. The standard InChI is InChI=1S/C14H20BrNO3S/c1-14(2,20(3,18)19)13(17)16-12(10-15)9-11-7-5-4-6-8-11/h4-8,12H,9-10H2,1-3H3,(H,16,17). The number of benzene rings is 1. The molecule has 1 amide bonds. The lowest BCUT2D eigenvalue weighted by atomic mass is 10.1. The van der Waals surface area contributed by atoms with Crippen molar-refractivity contribution in [2.45, 2.75) is 31.1 Å². The maximum absolute atomic E-state index is 12.2. The van der Waals surface area contributed by atoms with Crippen molar-refractivity contribution in [1.82, 2.24) is 5.32 Å². The number of carbonyl (C=O) groups is 1. The summed E-state index contributed by atoms with van der Waals surface area (Å²) in [4.78, 5) is 12.2. The fourth-order valence-corrected chi connectivity index (χ4v) is 2.36. The van der Waals surface area contributed by atoms with Crippen molar-refractivity contribution in [3.05, 3.63) is 35.9 Å². The van der Waals surface area contributed by atoms with Gasteiger partial charge in [0, 0.05) is 17.6 Å². The van der Waals surface area contributed by atoms with E-state index >= 15 is 0 Å². The number of nitrogens with one attached hydrogen (secondary N) is 1. The fraction of sp³-hybridized carbons (Fsp3) is 0.500. The Labute approximate surface area is 129 Å². The average molecular weight is 362 g/mol. The molecule has 0 bridgehead atoms. The van der Waals surface area contributed by atoms with Crippen LogP contribution in [0, 0.1) is 0 Å². The quantitative estimate of drug-likeness (QED) is 0.787. The van der Waals surface area contributed by atoms with Gasteiger partial charge >= 0.3 is 0 Å². The van der Waals surface area contributed by atoms with Gasteiger partial charge in [-0.1, -0.05) is 46.3 Å². The summed E-state index contributed by atoms with van der Waals surface area (Å²) in [5.41, 5.74) is 1.09. The molecule has 0 aliphatic rings. The van der Waals surface area contributed by atoms with E-state index in [1.54, 1.807) is 0 Å². The van der Waals surface area contributed by atoms with Crippen LogP contribution in [0.2, 0.25) is 0 Å². The van der Waals surface area contributed by atoms with Crippen LogP contribution in [0.4, 0.5) is 0 Å². The molecule has 0 fully saturated rings. The van der Waals surface area contributed by atoms with Gasteiger partial charge in [-0.3, -0.25) is 4.79 Å². The molecule has 0 heterocycles. The maximum atomic E-state index is 12.2. The van der Waals surface area contributed by atoms with Gasteiger partial charge in [0.2, 0.25) is 5.91 Å². The summed E-state index contributed by atoms with van der Waals surface area (Å²) in [5, 5.41) is 3.36. The third-order valence-corrected chi connectivity index (χ3v) is 6.14. The lowest BCUT2D eigenvalue weighted by Crippen LogP contribution is -2.51. The van der Waals surface area contributed by atoms with Crippen molar-refractivity contribution in [1.29, 1.82) is 0 Å². The Balaban J connectivity index is 2.77. The van der Waals surface area contributed by atoms with Crippen LogP contribution in [0.3, 0.4) is 0 Å². The van der Waals surface area contributed by atoms with Gasteiger partial charge in [0.25, 0.3) is 0 Å². The number of rotatable bonds is 6. The van der Waals surface area contributed by atoms with Gasteiger partial charge in [-0.15, -0.1) is 0 Å². The predicted molar refractivity (Wildman–Crippen MR) is 84.8 cm³/mol. The molecule has 112 valence electrons. The zero-order valence-electron chi connectivity index (χ0n) is 11.9. The Hall–Kier alpha value is -0.880. The zero-order chi connectivity index (χ0) is 15.4. The molecule has 0 radical (unpaired) electrons. The highest BCUT2D eigenvalue weighted by Gasteiger charge is 2.39. The van der Waals surface area contributed by atoms with E-state index in [0.29, 0.717) is 11.8 Å². The van der Waals surface area contributed by atoms with E-state index in [9.17, 15) is 13.2 Å². The second-order valence-electron chi connectivity index (χ2n) is 5.30. The van der Waals surface area contributed by atoms with Gasteiger partial charge in [0.1, 0.15) is 4.75 Å². The Morgan fingerprint density at radius 2 is 1.85 bits per heavy atom. The minimum Gasteiger partial charge on any atom is -0.351 e. The summed E-state index contributed by atoms with van der Waals surface area (Å²) < 4.78 is 21.9. The molecule has 0 saturated carbocycles. The zero-order valence-corrected chi connectivity index (χ0v) is 14.3. The normalized spacial score (nSPS) is 13.8. The molecule has 0 aromatic heterocycles.